The molecule has 0 unspecified atom stereocenters. The third-order valence-electron chi connectivity index (χ3n) is 5.10. The molecule has 2 aliphatic rings. The number of nitrogens with zero attached hydrogens (tertiary/aromatic N) is 2. The Hall–Kier alpha value is -1.59. The standard InChI is InChI=1S/C18H23ClN2O3/c1-24-11-10-20-8-3-6-18(17(20)23)7-9-21(13-18)16(22)14-4-2-5-15(19)12-14/h2,4-5,12H,3,6-11,13H2,1H3/t18-/m0/s1. The van der Waals surface area contributed by atoms with Crippen molar-refractivity contribution in [1.82, 2.24) is 9.80 Å². The third kappa shape index (κ3) is 3.28. The van der Waals surface area contributed by atoms with Crippen molar-refractivity contribution in [2.45, 2.75) is 19.3 Å². The number of hydrogen-bond acceptors (Lipinski definition) is 3. The molecule has 6 heteroatoms. The molecule has 1 atom stereocenters. The number of amides is 2. The van der Waals surface area contributed by atoms with Crippen LogP contribution in [0, 0.1) is 5.41 Å². The number of carbonyl (C=O) groups is 2. The summed E-state index contributed by atoms with van der Waals surface area (Å²) in [5, 5.41) is 0.550. The average molecular weight is 351 g/mol. The van der Waals surface area contributed by atoms with Crippen LogP contribution >= 0.6 is 11.6 Å². The van der Waals surface area contributed by atoms with Gasteiger partial charge >= 0.3 is 0 Å². The first kappa shape index (κ1) is 17.2. The molecule has 2 saturated heterocycles. The molecule has 0 radical (unpaired) electrons. The Morgan fingerprint density at radius 2 is 2.17 bits per heavy atom. The van der Waals surface area contributed by atoms with Crippen LogP contribution < -0.4 is 0 Å². The van der Waals surface area contributed by atoms with Crippen LogP contribution in [-0.2, 0) is 9.53 Å². The molecule has 2 fully saturated rings. The lowest BCUT2D eigenvalue weighted by atomic mass is 9.78. The zero-order valence-corrected chi connectivity index (χ0v) is 14.7. The zero-order chi connectivity index (χ0) is 17.2. The van der Waals surface area contributed by atoms with Crippen LogP contribution in [0.2, 0.25) is 5.02 Å². The number of piperidine rings is 1. The molecule has 130 valence electrons. The van der Waals surface area contributed by atoms with E-state index in [1.54, 1.807) is 36.3 Å². The summed E-state index contributed by atoms with van der Waals surface area (Å²) in [7, 11) is 1.64. The fourth-order valence-corrected chi connectivity index (χ4v) is 3.99. The van der Waals surface area contributed by atoms with Crippen molar-refractivity contribution in [3.05, 3.63) is 34.9 Å². The van der Waals surface area contributed by atoms with Crippen LogP contribution in [0.25, 0.3) is 0 Å². The Morgan fingerprint density at radius 3 is 2.92 bits per heavy atom. The molecular formula is C18H23ClN2O3. The molecule has 2 amide bonds. The largest absolute Gasteiger partial charge is 0.383 e. The Kier molecular flexibility index (Phi) is 5.11. The highest BCUT2D eigenvalue weighted by Crippen LogP contribution is 2.40. The molecule has 0 bridgehead atoms. The van der Waals surface area contributed by atoms with Gasteiger partial charge in [0.15, 0.2) is 0 Å². The summed E-state index contributed by atoms with van der Waals surface area (Å²) in [5.41, 5.74) is 0.166. The highest BCUT2D eigenvalue weighted by atomic mass is 35.5. The first-order valence-corrected chi connectivity index (χ1v) is 8.77. The Morgan fingerprint density at radius 1 is 1.33 bits per heavy atom. The summed E-state index contributed by atoms with van der Waals surface area (Å²) < 4.78 is 5.10. The van der Waals surface area contributed by atoms with Gasteiger partial charge < -0.3 is 14.5 Å². The number of carbonyl (C=O) groups excluding carboxylic acids is 2. The van der Waals surface area contributed by atoms with E-state index in [4.69, 9.17) is 16.3 Å². The van der Waals surface area contributed by atoms with Crippen molar-refractivity contribution in [2.75, 3.05) is 39.9 Å². The van der Waals surface area contributed by atoms with Crippen molar-refractivity contribution in [3.8, 4) is 0 Å². The summed E-state index contributed by atoms with van der Waals surface area (Å²) >= 11 is 5.99. The second-order valence-electron chi connectivity index (χ2n) is 6.66. The predicted octanol–water partition coefficient (Wildman–Crippen LogP) is 2.44. The first-order chi connectivity index (χ1) is 11.6. The molecular weight excluding hydrogens is 328 g/mol. The van der Waals surface area contributed by atoms with Gasteiger partial charge in [0, 0.05) is 43.9 Å². The molecule has 0 N–H and O–H groups in total. The van der Waals surface area contributed by atoms with Gasteiger partial charge in [-0.15, -0.1) is 0 Å². The van der Waals surface area contributed by atoms with Gasteiger partial charge in [-0.1, -0.05) is 17.7 Å². The van der Waals surface area contributed by atoms with Crippen LogP contribution in [0.5, 0.6) is 0 Å². The van der Waals surface area contributed by atoms with E-state index < -0.39 is 5.41 Å². The molecule has 0 aliphatic carbocycles. The summed E-state index contributed by atoms with van der Waals surface area (Å²) in [4.78, 5) is 29.3. The summed E-state index contributed by atoms with van der Waals surface area (Å²) in [6.07, 6.45) is 2.57. The topological polar surface area (TPSA) is 49.9 Å². The fourth-order valence-electron chi connectivity index (χ4n) is 3.80. The molecule has 2 aliphatic heterocycles. The maximum atomic E-state index is 12.9. The van der Waals surface area contributed by atoms with Crippen molar-refractivity contribution in [3.63, 3.8) is 0 Å². The zero-order valence-electron chi connectivity index (χ0n) is 14.0. The molecule has 24 heavy (non-hydrogen) atoms. The Labute approximate surface area is 147 Å². The van der Waals surface area contributed by atoms with E-state index in [0.717, 1.165) is 25.8 Å². The molecule has 2 heterocycles. The second-order valence-corrected chi connectivity index (χ2v) is 7.09. The second kappa shape index (κ2) is 7.11. The van der Waals surface area contributed by atoms with Gasteiger partial charge in [0.25, 0.3) is 5.91 Å². The highest BCUT2D eigenvalue weighted by Gasteiger charge is 2.49. The van der Waals surface area contributed by atoms with E-state index in [9.17, 15) is 9.59 Å². The van der Waals surface area contributed by atoms with Crippen molar-refractivity contribution >= 4 is 23.4 Å². The van der Waals surface area contributed by atoms with Gasteiger partial charge in [-0.2, -0.15) is 0 Å². The molecule has 0 saturated carbocycles. The van der Waals surface area contributed by atoms with Gasteiger partial charge in [0.2, 0.25) is 5.91 Å². The van der Waals surface area contributed by atoms with Crippen LogP contribution in [-0.4, -0.2) is 61.5 Å². The number of methoxy groups -OCH3 is 1. The van der Waals surface area contributed by atoms with Gasteiger partial charge in [0.05, 0.1) is 12.0 Å². The van der Waals surface area contributed by atoms with E-state index in [1.165, 1.54) is 0 Å². The lowest BCUT2D eigenvalue weighted by Crippen LogP contribution is -2.51. The minimum Gasteiger partial charge on any atom is -0.383 e. The number of hydrogen-bond donors (Lipinski definition) is 0. The van der Waals surface area contributed by atoms with Gasteiger partial charge in [-0.25, -0.2) is 0 Å². The normalized spacial score (nSPS) is 24.0. The minimum atomic E-state index is -0.416. The van der Waals surface area contributed by atoms with Crippen molar-refractivity contribution in [1.29, 1.82) is 0 Å². The summed E-state index contributed by atoms with van der Waals surface area (Å²) in [6.45, 7) is 3.08. The van der Waals surface area contributed by atoms with E-state index in [-0.39, 0.29) is 11.8 Å². The predicted molar refractivity (Wildman–Crippen MR) is 92.1 cm³/mol. The summed E-state index contributed by atoms with van der Waals surface area (Å²) in [5.74, 6) is 0.128. The lowest BCUT2D eigenvalue weighted by Gasteiger charge is -2.39. The molecule has 1 aromatic rings. The lowest BCUT2D eigenvalue weighted by molar-refractivity contribution is -0.146. The number of ether oxygens (including phenoxy) is 1. The summed E-state index contributed by atoms with van der Waals surface area (Å²) in [6, 6.07) is 6.98. The fraction of sp³-hybridized carbons (Fsp3) is 0.556. The van der Waals surface area contributed by atoms with Crippen molar-refractivity contribution < 1.29 is 14.3 Å². The SMILES string of the molecule is COCCN1CCC[C@@]2(CCN(C(=O)c3cccc(Cl)c3)C2)C1=O. The number of halogens is 1. The smallest absolute Gasteiger partial charge is 0.253 e. The number of benzene rings is 1. The molecule has 0 aromatic heterocycles. The van der Waals surface area contributed by atoms with Crippen LogP contribution in [0.1, 0.15) is 29.6 Å². The van der Waals surface area contributed by atoms with Crippen LogP contribution in [0.4, 0.5) is 0 Å². The number of rotatable bonds is 4. The van der Waals surface area contributed by atoms with E-state index in [2.05, 4.69) is 0 Å². The maximum absolute atomic E-state index is 12.9. The van der Waals surface area contributed by atoms with Gasteiger partial charge in [0.1, 0.15) is 0 Å². The van der Waals surface area contributed by atoms with Crippen LogP contribution in [0.15, 0.2) is 24.3 Å². The van der Waals surface area contributed by atoms with E-state index in [1.807, 2.05) is 4.90 Å². The molecule has 5 nitrogen and oxygen atoms in total. The monoisotopic (exact) mass is 350 g/mol. The highest BCUT2D eigenvalue weighted by molar-refractivity contribution is 6.30. The average Bonchev–Trinajstić information content (AvgIpc) is 3.01. The minimum absolute atomic E-state index is 0.0452. The first-order valence-electron chi connectivity index (χ1n) is 8.39. The Balaban J connectivity index is 1.71. The Bertz CT molecular complexity index is 636. The van der Waals surface area contributed by atoms with Gasteiger partial charge in [-0.3, -0.25) is 9.59 Å². The molecule has 1 aromatic carbocycles. The molecule has 1 spiro atoms. The van der Waals surface area contributed by atoms with E-state index in [0.29, 0.717) is 36.8 Å². The number of likely N-dealkylation sites (tertiary alicyclic amines) is 2. The van der Waals surface area contributed by atoms with Crippen LogP contribution in [0.3, 0.4) is 0 Å². The van der Waals surface area contributed by atoms with E-state index >= 15 is 0 Å². The van der Waals surface area contributed by atoms with Gasteiger partial charge in [-0.05, 0) is 37.5 Å². The molecule has 3 rings (SSSR count). The quantitative estimate of drug-likeness (QED) is 0.838. The third-order valence-corrected chi connectivity index (χ3v) is 5.34. The maximum Gasteiger partial charge on any atom is 0.253 e. The van der Waals surface area contributed by atoms with Crippen molar-refractivity contribution in [2.24, 2.45) is 5.41 Å².